The number of nitrogens with zero attached hydrogens (tertiary/aromatic N) is 4. The fourth-order valence-electron chi connectivity index (χ4n) is 5.68. The zero-order chi connectivity index (χ0) is 29.6. The lowest BCUT2D eigenvalue weighted by molar-refractivity contribution is -0.0586. The fourth-order valence-corrected chi connectivity index (χ4v) is 5.96. The SMILES string of the molecule is CC1(C)CN[C@@H](c2ccc(-n3c(Cl)cc4c(=O)n(CC5(O)CCN(C(=O)c6ccc(F)cc6)CC5)cnc43)cc2)CO1. The first-order valence-electron chi connectivity index (χ1n) is 14.0. The number of nitrogens with one attached hydrogen (secondary N) is 1. The van der Waals surface area contributed by atoms with E-state index < -0.39 is 11.4 Å². The molecule has 2 aromatic heterocycles. The number of piperidine rings is 1. The average Bonchev–Trinajstić information content (AvgIpc) is 3.31. The molecule has 220 valence electrons. The molecular weight excluding hydrogens is 561 g/mol. The van der Waals surface area contributed by atoms with E-state index in [9.17, 15) is 19.1 Å². The van der Waals surface area contributed by atoms with Crippen molar-refractivity contribution in [3.05, 3.63) is 93.4 Å². The van der Waals surface area contributed by atoms with Crippen LogP contribution in [0, 0.1) is 5.82 Å². The first-order valence-corrected chi connectivity index (χ1v) is 14.4. The summed E-state index contributed by atoms with van der Waals surface area (Å²) in [7, 11) is 0. The molecule has 42 heavy (non-hydrogen) atoms. The Morgan fingerprint density at radius 1 is 1.14 bits per heavy atom. The fraction of sp³-hybridized carbons (Fsp3) is 0.387. The Kier molecular flexibility index (Phi) is 7.43. The normalized spacial score (nSPS) is 20.1. The van der Waals surface area contributed by atoms with Gasteiger partial charge in [-0.15, -0.1) is 0 Å². The highest BCUT2D eigenvalue weighted by Crippen LogP contribution is 2.29. The van der Waals surface area contributed by atoms with Gasteiger partial charge in [0.25, 0.3) is 11.5 Å². The molecule has 0 spiro atoms. The van der Waals surface area contributed by atoms with E-state index in [2.05, 4.69) is 24.1 Å². The topological polar surface area (TPSA) is 102 Å². The van der Waals surface area contributed by atoms with E-state index in [1.165, 1.54) is 35.2 Å². The van der Waals surface area contributed by atoms with E-state index in [1.807, 2.05) is 24.3 Å². The number of rotatable bonds is 5. The second-order valence-electron chi connectivity index (χ2n) is 11.8. The zero-order valence-corrected chi connectivity index (χ0v) is 24.3. The molecule has 0 saturated carbocycles. The van der Waals surface area contributed by atoms with Gasteiger partial charge in [0.2, 0.25) is 0 Å². The van der Waals surface area contributed by atoms with Gasteiger partial charge in [0.1, 0.15) is 17.3 Å². The molecule has 2 fully saturated rings. The summed E-state index contributed by atoms with van der Waals surface area (Å²) < 4.78 is 22.3. The van der Waals surface area contributed by atoms with Crippen molar-refractivity contribution >= 4 is 28.5 Å². The van der Waals surface area contributed by atoms with Crippen LogP contribution in [0.1, 0.15) is 48.7 Å². The highest BCUT2D eigenvalue weighted by Gasteiger charge is 2.35. The van der Waals surface area contributed by atoms with Gasteiger partial charge in [-0.25, -0.2) is 9.37 Å². The summed E-state index contributed by atoms with van der Waals surface area (Å²) in [5.74, 6) is -0.620. The Hall–Kier alpha value is -3.57. The number of morpholine rings is 1. The lowest BCUT2D eigenvalue weighted by Crippen LogP contribution is -2.49. The molecule has 2 aromatic carbocycles. The first kappa shape index (κ1) is 28.5. The van der Waals surface area contributed by atoms with Crippen LogP contribution in [0.3, 0.4) is 0 Å². The van der Waals surface area contributed by atoms with E-state index in [4.69, 9.17) is 16.3 Å². The van der Waals surface area contributed by atoms with Gasteiger partial charge in [-0.05, 0) is 74.7 Å². The number of fused-ring (bicyclic) bond motifs is 1. The zero-order valence-electron chi connectivity index (χ0n) is 23.5. The number of hydrogen-bond acceptors (Lipinski definition) is 6. The molecule has 2 N–H and O–H groups in total. The molecule has 9 nitrogen and oxygen atoms in total. The number of carbonyl (C=O) groups excluding carboxylic acids is 1. The maximum absolute atomic E-state index is 13.5. The number of ether oxygens (including phenoxy) is 1. The number of aliphatic hydroxyl groups is 1. The second kappa shape index (κ2) is 10.9. The summed E-state index contributed by atoms with van der Waals surface area (Å²) in [6.07, 6.45) is 2.01. The predicted molar refractivity (Wildman–Crippen MR) is 158 cm³/mol. The van der Waals surface area contributed by atoms with Crippen LogP contribution in [-0.4, -0.2) is 67.5 Å². The number of carbonyl (C=O) groups is 1. The van der Waals surface area contributed by atoms with E-state index >= 15 is 0 Å². The lowest BCUT2D eigenvalue weighted by Gasteiger charge is -2.38. The minimum absolute atomic E-state index is 0.0398. The summed E-state index contributed by atoms with van der Waals surface area (Å²) >= 11 is 6.61. The van der Waals surface area contributed by atoms with Gasteiger partial charge in [0.05, 0.1) is 35.8 Å². The van der Waals surface area contributed by atoms with Crippen molar-refractivity contribution < 1.29 is 19.0 Å². The second-order valence-corrected chi connectivity index (χ2v) is 12.2. The van der Waals surface area contributed by atoms with Crippen LogP contribution in [0.25, 0.3) is 16.7 Å². The van der Waals surface area contributed by atoms with Gasteiger partial charge in [0, 0.05) is 30.9 Å². The van der Waals surface area contributed by atoms with E-state index in [1.54, 1.807) is 15.5 Å². The molecule has 2 aliphatic rings. The van der Waals surface area contributed by atoms with Crippen molar-refractivity contribution in [3.8, 4) is 5.69 Å². The summed E-state index contributed by atoms with van der Waals surface area (Å²) in [5, 5.41) is 15.5. The lowest BCUT2D eigenvalue weighted by atomic mass is 9.91. The molecular formula is C31H33ClFN5O4. The van der Waals surface area contributed by atoms with Gasteiger partial charge in [0.15, 0.2) is 5.65 Å². The Balaban J connectivity index is 1.17. The van der Waals surface area contributed by atoms with Crippen molar-refractivity contribution in [2.45, 2.75) is 50.5 Å². The standard InChI is InChI=1S/C31H33ClFN5O4/c1-30(2)17-34-25(16-42-30)20-5-9-23(10-6-20)38-26(32)15-24-27(38)35-19-37(29(24)40)18-31(41)11-13-36(14-12-31)28(39)21-3-7-22(33)8-4-21/h3-10,15,19,25,34,41H,11-14,16-18H2,1-2H3/t25-/m1/s1. The molecule has 1 amide bonds. The smallest absolute Gasteiger partial charge is 0.262 e. The third-order valence-electron chi connectivity index (χ3n) is 8.25. The molecule has 4 aromatic rings. The molecule has 0 aliphatic carbocycles. The molecule has 6 rings (SSSR count). The summed E-state index contributed by atoms with van der Waals surface area (Å²) in [5.41, 5.74) is 1.01. The molecule has 0 unspecified atom stereocenters. The number of aromatic nitrogens is 3. The van der Waals surface area contributed by atoms with Crippen LogP contribution in [0.15, 0.2) is 65.7 Å². The predicted octanol–water partition coefficient (Wildman–Crippen LogP) is 4.09. The molecule has 1 atom stereocenters. The minimum atomic E-state index is -1.19. The van der Waals surface area contributed by atoms with Gasteiger partial charge < -0.3 is 20.1 Å². The van der Waals surface area contributed by atoms with Crippen LogP contribution in [0.4, 0.5) is 4.39 Å². The maximum Gasteiger partial charge on any atom is 0.262 e. The molecule has 4 heterocycles. The van der Waals surface area contributed by atoms with Gasteiger partial charge in [-0.1, -0.05) is 23.7 Å². The van der Waals surface area contributed by atoms with Crippen molar-refractivity contribution in [2.75, 3.05) is 26.2 Å². The van der Waals surface area contributed by atoms with Crippen LogP contribution >= 0.6 is 11.6 Å². The molecule has 0 radical (unpaired) electrons. The molecule has 2 aliphatic heterocycles. The third-order valence-corrected chi connectivity index (χ3v) is 8.52. The molecule has 11 heteroatoms. The van der Waals surface area contributed by atoms with Crippen molar-refractivity contribution in [2.24, 2.45) is 0 Å². The Morgan fingerprint density at radius 2 is 1.83 bits per heavy atom. The van der Waals surface area contributed by atoms with Crippen LogP contribution < -0.4 is 10.9 Å². The number of benzene rings is 2. The number of amides is 1. The Labute approximate surface area is 247 Å². The van der Waals surface area contributed by atoms with Crippen LogP contribution in [-0.2, 0) is 11.3 Å². The molecule has 0 bridgehead atoms. The van der Waals surface area contributed by atoms with Gasteiger partial charge in [-0.2, -0.15) is 0 Å². The third kappa shape index (κ3) is 5.59. The largest absolute Gasteiger partial charge is 0.388 e. The maximum atomic E-state index is 13.5. The average molecular weight is 594 g/mol. The first-order chi connectivity index (χ1) is 20.0. The number of likely N-dealkylation sites (tertiary alicyclic amines) is 1. The van der Waals surface area contributed by atoms with E-state index in [-0.39, 0.29) is 42.5 Å². The van der Waals surface area contributed by atoms with Crippen molar-refractivity contribution in [1.82, 2.24) is 24.3 Å². The quantitative estimate of drug-likeness (QED) is 0.362. The minimum Gasteiger partial charge on any atom is -0.388 e. The Morgan fingerprint density at radius 3 is 2.48 bits per heavy atom. The van der Waals surface area contributed by atoms with Crippen molar-refractivity contribution in [1.29, 1.82) is 0 Å². The monoisotopic (exact) mass is 593 g/mol. The molecule has 2 saturated heterocycles. The summed E-state index contributed by atoms with van der Waals surface area (Å²) in [6, 6.07) is 15.0. The number of hydrogen-bond donors (Lipinski definition) is 2. The van der Waals surface area contributed by atoms with E-state index in [0.29, 0.717) is 41.4 Å². The van der Waals surface area contributed by atoms with Crippen molar-refractivity contribution in [3.63, 3.8) is 0 Å². The van der Waals surface area contributed by atoms with Crippen LogP contribution in [0.5, 0.6) is 0 Å². The Bertz CT molecular complexity index is 1660. The van der Waals surface area contributed by atoms with Gasteiger partial charge >= 0.3 is 0 Å². The summed E-state index contributed by atoms with van der Waals surface area (Å²) in [6.45, 7) is 6.12. The highest BCUT2D eigenvalue weighted by atomic mass is 35.5. The highest BCUT2D eigenvalue weighted by molar-refractivity contribution is 6.31. The van der Waals surface area contributed by atoms with E-state index in [0.717, 1.165) is 17.8 Å². The summed E-state index contributed by atoms with van der Waals surface area (Å²) in [4.78, 5) is 32.4. The van der Waals surface area contributed by atoms with Gasteiger partial charge in [-0.3, -0.25) is 18.7 Å². The number of halogens is 2. The van der Waals surface area contributed by atoms with Crippen LogP contribution in [0.2, 0.25) is 5.15 Å².